The zero-order chi connectivity index (χ0) is 10.3. The summed E-state index contributed by atoms with van der Waals surface area (Å²) in [6.07, 6.45) is 0. The first-order chi connectivity index (χ1) is 6.24. The van der Waals surface area contributed by atoms with Crippen molar-refractivity contribution in [2.24, 2.45) is 0 Å². The Hall–Kier alpha value is -0.600. The lowest BCUT2D eigenvalue weighted by molar-refractivity contribution is 0.351. The van der Waals surface area contributed by atoms with Crippen LogP contribution in [0.5, 0.6) is 0 Å². The zero-order valence-electron chi connectivity index (χ0n) is 9.08. The molecule has 0 N–H and O–H groups in total. The van der Waals surface area contributed by atoms with Crippen molar-refractivity contribution in [3.8, 4) is 0 Å². The number of guanidine groups is 1. The molecule has 0 aromatic rings. The van der Waals surface area contributed by atoms with Crippen LogP contribution in [0.1, 0.15) is 27.7 Å². The molecule has 76 valence electrons. The lowest BCUT2D eigenvalue weighted by atomic mass is 10.4. The van der Waals surface area contributed by atoms with E-state index in [1.165, 1.54) is 0 Å². The van der Waals surface area contributed by atoms with Gasteiger partial charge in [0.1, 0.15) is 0 Å². The smallest absolute Gasteiger partial charge is 0.250 e. The minimum atomic E-state index is 0.935. The van der Waals surface area contributed by atoms with Gasteiger partial charge in [-0.3, -0.25) is 9.80 Å². The molecule has 0 amide bonds. The van der Waals surface area contributed by atoms with Crippen LogP contribution in [0.3, 0.4) is 0 Å². The molecule has 0 radical (unpaired) electrons. The minimum absolute atomic E-state index is 0.935. The first kappa shape index (κ1) is 12.4. The SMILES string of the molecule is CCN(CC)C(=[N+]=S)N(CC)CC. The standard InChI is InChI=1S/C9H20N3S/c1-5-11(6-2)9(10-13)12(7-3)8-4/h5-8H2,1-4H3/q+1. The summed E-state index contributed by atoms with van der Waals surface area (Å²) in [5.41, 5.74) is 0. The van der Waals surface area contributed by atoms with Gasteiger partial charge in [0.25, 0.3) is 0 Å². The highest BCUT2D eigenvalue weighted by atomic mass is 32.1. The van der Waals surface area contributed by atoms with E-state index in [2.05, 4.69) is 41.5 Å². The highest BCUT2D eigenvalue weighted by molar-refractivity contribution is 7.46. The zero-order valence-corrected chi connectivity index (χ0v) is 9.89. The van der Waals surface area contributed by atoms with E-state index in [9.17, 15) is 0 Å². The maximum absolute atomic E-state index is 4.80. The van der Waals surface area contributed by atoms with Gasteiger partial charge in [-0.05, 0) is 27.7 Å². The number of nitrogens with zero attached hydrogens (tertiary/aromatic N) is 3. The van der Waals surface area contributed by atoms with Crippen LogP contribution in [0, 0.1) is 0 Å². The number of rotatable bonds is 4. The Balaban J connectivity index is 4.57. The third-order valence-electron chi connectivity index (χ3n) is 2.17. The third kappa shape index (κ3) is 3.33. The van der Waals surface area contributed by atoms with E-state index in [1.54, 1.807) is 0 Å². The summed E-state index contributed by atoms with van der Waals surface area (Å²) in [5, 5.41) is 0. The van der Waals surface area contributed by atoms with Gasteiger partial charge in [-0.25, -0.2) is 0 Å². The molecule has 0 aromatic heterocycles. The lowest BCUT2D eigenvalue weighted by Crippen LogP contribution is -2.45. The van der Waals surface area contributed by atoms with Crippen LogP contribution < -0.4 is 4.04 Å². The normalized spacial score (nSPS) is 9.23. The van der Waals surface area contributed by atoms with Crippen molar-refractivity contribution in [2.45, 2.75) is 27.7 Å². The number of hydrogen-bond acceptors (Lipinski definition) is 1. The van der Waals surface area contributed by atoms with Crippen molar-refractivity contribution >= 4 is 18.4 Å². The molecule has 3 nitrogen and oxygen atoms in total. The fourth-order valence-corrected chi connectivity index (χ4v) is 1.56. The second-order valence-electron chi connectivity index (χ2n) is 2.74. The molecule has 0 saturated heterocycles. The Morgan fingerprint density at radius 1 is 0.923 bits per heavy atom. The molecule has 0 saturated carbocycles. The maximum atomic E-state index is 4.80. The fraction of sp³-hybridized carbons (Fsp3) is 0.889. The second-order valence-corrected chi connectivity index (χ2v) is 2.92. The molecule has 0 bridgehead atoms. The van der Waals surface area contributed by atoms with Crippen LogP contribution >= 0.6 is 0 Å². The van der Waals surface area contributed by atoms with Gasteiger partial charge < -0.3 is 0 Å². The predicted molar refractivity (Wildman–Crippen MR) is 60.3 cm³/mol. The van der Waals surface area contributed by atoms with E-state index >= 15 is 0 Å². The summed E-state index contributed by atoms with van der Waals surface area (Å²) in [6.45, 7) is 12.3. The molecule has 0 spiro atoms. The van der Waals surface area contributed by atoms with E-state index in [-0.39, 0.29) is 0 Å². The maximum Gasteiger partial charge on any atom is 0.457 e. The molecule has 0 rings (SSSR count). The average molecular weight is 202 g/mol. The largest absolute Gasteiger partial charge is 0.457 e. The average Bonchev–Trinajstić information content (AvgIpc) is 2.18. The van der Waals surface area contributed by atoms with Crippen molar-refractivity contribution < 1.29 is 0 Å². The molecule has 0 atom stereocenters. The molecule has 0 aromatic carbocycles. The molecule has 0 fully saturated rings. The van der Waals surface area contributed by atoms with Crippen LogP contribution in [0.4, 0.5) is 0 Å². The van der Waals surface area contributed by atoms with Crippen molar-refractivity contribution in [3.63, 3.8) is 0 Å². The van der Waals surface area contributed by atoms with Gasteiger partial charge in [-0.1, -0.05) is 0 Å². The fourth-order valence-electron chi connectivity index (χ4n) is 1.33. The van der Waals surface area contributed by atoms with Gasteiger partial charge in [0.15, 0.2) is 0 Å². The highest BCUT2D eigenvalue weighted by Crippen LogP contribution is 1.95. The minimum Gasteiger partial charge on any atom is -0.250 e. The van der Waals surface area contributed by atoms with E-state index in [0.29, 0.717) is 0 Å². The Labute approximate surface area is 86.6 Å². The molecule has 0 aliphatic heterocycles. The van der Waals surface area contributed by atoms with Gasteiger partial charge in [0.2, 0.25) is 12.4 Å². The van der Waals surface area contributed by atoms with Crippen LogP contribution in [0.25, 0.3) is 0 Å². The molecule has 0 heterocycles. The summed E-state index contributed by atoms with van der Waals surface area (Å²) in [5.74, 6) is 0.935. The topological polar surface area (TPSA) is 20.6 Å². The second kappa shape index (κ2) is 6.87. The van der Waals surface area contributed by atoms with Crippen molar-refractivity contribution in [3.05, 3.63) is 0 Å². The van der Waals surface area contributed by atoms with E-state index in [4.69, 9.17) is 12.4 Å². The number of hydrogen-bond donors (Lipinski definition) is 0. The first-order valence-electron chi connectivity index (χ1n) is 4.95. The van der Waals surface area contributed by atoms with Gasteiger partial charge in [-0.2, -0.15) is 4.04 Å². The van der Waals surface area contributed by atoms with Crippen LogP contribution in [-0.2, 0) is 12.4 Å². The monoisotopic (exact) mass is 202 g/mol. The van der Waals surface area contributed by atoms with Gasteiger partial charge in [0.05, 0.1) is 26.2 Å². The Bertz CT molecular complexity index is 165. The van der Waals surface area contributed by atoms with E-state index in [1.807, 2.05) is 0 Å². The molecular formula is C9H20N3S+. The molecule has 4 heteroatoms. The van der Waals surface area contributed by atoms with Gasteiger partial charge in [-0.15, -0.1) is 0 Å². The lowest BCUT2D eigenvalue weighted by Gasteiger charge is -2.20. The predicted octanol–water partition coefficient (Wildman–Crippen LogP) is 0.824. The Morgan fingerprint density at radius 2 is 1.23 bits per heavy atom. The van der Waals surface area contributed by atoms with Crippen LogP contribution in [0.15, 0.2) is 0 Å². The highest BCUT2D eigenvalue weighted by Gasteiger charge is 2.23. The Kier molecular flexibility index (Phi) is 6.55. The first-order valence-corrected chi connectivity index (χ1v) is 5.31. The van der Waals surface area contributed by atoms with Crippen molar-refractivity contribution in [2.75, 3.05) is 26.2 Å². The molecule has 13 heavy (non-hydrogen) atoms. The summed E-state index contributed by atoms with van der Waals surface area (Å²) in [7, 11) is 0. The van der Waals surface area contributed by atoms with E-state index < -0.39 is 0 Å². The summed E-state index contributed by atoms with van der Waals surface area (Å²) in [4.78, 5) is 4.36. The van der Waals surface area contributed by atoms with Crippen molar-refractivity contribution in [1.29, 1.82) is 0 Å². The van der Waals surface area contributed by atoms with Crippen molar-refractivity contribution in [1.82, 2.24) is 13.8 Å². The molecule has 0 aliphatic rings. The van der Waals surface area contributed by atoms with E-state index in [0.717, 1.165) is 32.1 Å². The third-order valence-corrected chi connectivity index (χ3v) is 2.34. The van der Waals surface area contributed by atoms with Crippen LogP contribution in [0.2, 0.25) is 0 Å². The summed E-state index contributed by atoms with van der Waals surface area (Å²) >= 11 is 4.80. The summed E-state index contributed by atoms with van der Waals surface area (Å²) < 4.78 is 3.92. The quantitative estimate of drug-likeness (QED) is 0.382. The summed E-state index contributed by atoms with van der Waals surface area (Å²) in [6, 6.07) is 0. The van der Waals surface area contributed by atoms with Gasteiger partial charge >= 0.3 is 5.96 Å². The molecule has 0 aliphatic carbocycles. The van der Waals surface area contributed by atoms with Gasteiger partial charge in [0, 0.05) is 0 Å². The Morgan fingerprint density at radius 3 is 1.38 bits per heavy atom. The molecular weight excluding hydrogens is 182 g/mol. The molecule has 0 unspecified atom stereocenters. The van der Waals surface area contributed by atoms with Crippen LogP contribution in [-0.4, -0.2) is 41.9 Å².